The fraction of sp³-hybridized carbons (Fsp3) is 0.357. The number of hydrogen-bond donors (Lipinski definition) is 1. The maximum Gasteiger partial charge on any atom is 0.194 e. The molecule has 2 rings (SSSR count). The van der Waals surface area contributed by atoms with Crippen molar-refractivity contribution in [2.75, 3.05) is 6.54 Å². The zero-order valence-electron chi connectivity index (χ0n) is 11.3. The van der Waals surface area contributed by atoms with Crippen LogP contribution < -0.4 is 5.32 Å². The summed E-state index contributed by atoms with van der Waals surface area (Å²) >= 11 is 0. The van der Waals surface area contributed by atoms with E-state index in [-0.39, 0.29) is 6.04 Å². The first-order valence-corrected chi connectivity index (χ1v) is 6.37. The third-order valence-electron chi connectivity index (χ3n) is 3.17. The molecule has 3 nitrogen and oxygen atoms in total. The number of nitrogens with one attached hydrogen (secondary N) is 1. The van der Waals surface area contributed by atoms with Crippen molar-refractivity contribution in [1.82, 2.24) is 14.9 Å². The molecule has 0 radical (unpaired) electrons. The van der Waals surface area contributed by atoms with Crippen LogP contribution in [0.15, 0.2) is 24.5 Å². The van der Waals surface area contributed by atoms with Crippen LogP contribution in [-0.2, 0) is 13.5 Å². The average molecular weight is 283 g/mol. The average Bonchev–Trinajstić information content (AvgIpc) is 2.80. The Balaban J connectivity index is 2.31. The summed E-state index contributed by atoms with van der Waals surface area (Å²) in [5.74, 6) is -3.02. The Morgan fingerprint density at radius 1 is 1.25 bits per heavy atom. The topological polar surface area (TPSA) is 29.9 Å². The smallest absolute Gasteiger partial charge is 0.194 e. The van der Waals surface area contributed by atoms with Gasteiger partial charge in [-0.15, -0.1) is 0 Å². The van der Waals surface area contributed by atoms with Crippen molar-refractivity contribution in [2.24, 2.45) is 7.05 Å². The Morgan fingerprint density at radius 3 is 2.40 bits per heavy atom. The van der Waals surface area contributed by atoms with Gasteiger partial charge < -0.3 is 9.88 Å². The standard InChI is InChI=1S/C14H16F3N3/c1-3-18-12(8-13-19-4-5-20(13)2)9-6-10(15)14(17)11(16)7-9/h4-7,12,18H,3,8H2,1-2H3. The molecule has 0 saturated carbocycles. The quantitative estimate of drug-likeness (QED) is 0.855. The van der Waals surface area contributed by atoms with Gasteiger partial charge in [-0.25, -0.2) is 18.2 Å². The van der Waals surface area contributed by atoms with Gasteiger partial charge in [0, 0.05) is 31.9 Å². The summed E-state index contributed by atoms with van der Waals surface area (Å²) in [5.41, 5.74) is 0.367. The molecule has 2 aromatic rings. The molecular weight excluding hydrogens is 267 g/mol. The molecule has 6 heteroatoms. The molecule has 0 fully saturated rings. The second-order valence-corrected chi connectivity index (χ2v) is 4.57. The zero-order valence-corrected chi connectivity index (χ0v) is 11.3. The van der Waals surface area contributed by atoms with E-state index in [0.29, 0.717) is 18.5 Å². The van der Waals surface area contributed by atoms with E-state index < -0.39 is 17.5 Å². The summed E-state index contributed by atoms with van der Waals surface area (Å²) in [7, 11) is 1.84. The van der Waals surface area contributed by atoms with E-state index >= 15 is 0 Å². The highest BCUT2D eigenvalue weighted by molar-refractivity contribution is 5.23. The monoisotopic (exact) mass is 283 g/mol. The molecule has 0 amide bonds. The van der Waals surface area contributed by atoms with Gasteiger partial charge in [0.25, 0.3) is 0 Å². The number of rotatable bonds is 5. The number of halogens is 3. The third-order valence-corrected chi connectivity index (χ3v) is 3.17. The molecular formula is C14H16F3N3. The van der Waals surface area contributed by atoms with Gasteiger partial charge in [-0.05, 0) is 24.2 Å². The lowest BCUT2D eigenvalue weighted by Gasteiger charge is -2.18. The van der Waals surface area contributed by atoms with Crippen molar-refractivity contribution in [2.45, 2.75) is 19.4 Å². The fourth-order valence-electron chi connectivity index (χ4n) is 2.11. The van der Waals surface area contributed by atoms with Crippen molar-refractivity contribution in [3.63, 3.8) is 0 Å². The second-order valence-electron chi connectivity index (χ2n) is 4.57. The van der Waals surface area contributed by atoms with E-state index in [1.165, 1.54) is 0 Å². The lowest BCUT2D eigenvalue weighted by molar-refractivity contribution is 0.438. The second kappa shape index (κ2) is 6.09. The first-order valence-electron chi connectivity index (χ1n) is 6.37. The highest BCUT2D eigenvalue weighted by Gasteiger charge is 2.18. The molecule has 0 aliphatic rings. The van der Waals surface area contributed by atoms with Crippen LogP contribution in [0.1, 0.15) is 24.4 Å². The molecule has 1 heterocycles. The van der Waals surface area contributed by atoms with Crippen LogP contribution in [0.3, 0.4) is 0 Å². The van der Waals surface area contributed by atoms with E-state index in [0.717, 1.165) is 18.0 Å². The fourth-order valence-corrected chi connectivity index (χ4v) is 2.11. The minimum Gasteiger partial charge on any atom is -0.338 e. The predicted molar refractivity (Wildman–Crippen MR) is 69.6 cm³/mol. The van der Waals surface area contributed by atoms with E-state index in [2.05, 4.69) is 10.3 Å². The van der Waals surface area contributed by atoms with E-state index in [9.17, 15) is 13.2 Å². The van der Waals surface area contributed by atoms with Crippen LogP contribution in [0.4, 0.5) is 13.2 Å². The highest BCUT2D eigenvalue weighted by Crippen LogP contribution is 2.22. The van der Waals surface area contributed by atoms with Crippen LogP contribution in [0.25, 0.3) is 0 Å². The first-order chi connectivity index (χ1) is 9.52. The molecule has 0 aliphatic heterocycles. The van der Waals surface area contributed by atoms with Crippen LogP contribution in [0.2, 0.25) is 0 Å². The summed E-state index contributed by atoms with van der Waals surface area (Å²) in [6.45, 7) is 2.51. The molecule has 0 spiro atoms. The minimum absolute atomic E-state index is 0.328. The van der Waals surface area contributed by atoms with Crippen LogP contribution >= 0.6 is 0 Å². The molecule has 20 heavy (non-hydrogen) atoms. The van der Waals surface area contributed by atoms with Gasteiger partial charge in [-0.2, -0.15) is 0 Å². The van der Waals surface area contributed by atoms with Gasteiger partial charge in [0.1, 0.15) is 5.82 Å². The molecule has 1 aromatic heterocycles. The van der Waals surface area contributed by atoms with Crippen molar-refractivity contribution in [1.29, 1.82) is 0 Å². The van der Waals surface area contributed by atoms with Gasteiger partial charge in [-0.3, -0.25) is 0 Å². The van der Waals surface area contributed by atoms with Crippen molar-refractivity contribution in [3.8, 4) is 0 Å². The number of nitrogens with zero attached hydrogens (tertiary/aromatic N) is 2. The predicted octanol–water partition coefficient (Wildman–Crippen LogP) is 2.73. The summed E-state index contributed by atoms with van der Waals surface area (Å²) in [5, 5.41) is 3.13. The third kappa shape index (κ3) is 3.01. The molecule has 1 atom stereocenters. The van der Waals surface area contributed by atoms with Crippen LogP contribution in [0, 0.1) is 17.5 Å². The van der Waals surface area contributed by atoms with Crippen molar-refractivity contribution in [3.05, 3.63) is 53.4 Å². The number of imidazole rings is 1. The van der Waals surface area contributed by atoms with E-state index in [4.69, 9.17) is 0 Å². The maximum absolute atomic E-state index is 13.3. The number of hydrogen-bond acceptors (Lipinski definition) is 2. The largest absolute Gasteiger partial charge is 0.338 e. The minimum atomic E-state index is -1.44. The number of aryl methyl sites for hydroxylation is 1. The van der Waals surface area contributed by atoms with E-state index in [1.54, 1.807) is 12.4 Å². The van der Waals surface area contributed by atoms with Crippen molar-refractivity contribution < 1.29 is 13.2 Å². The summed E-state index contributed by atoms with van der Waals surface area (Å²) < 4.78 is 41.5. The molecule has 108 valence electrons. The molecule has 1 aromatic carbocycles. The van der Waals surface area contributed by atoms with E-state index in [1.807, 2.05) is 18.5 Å². The molecule has 0 aliphatic carbocycles. The number of benzene rings is 1. The van der Waals surface area contributed by atoms with Crippen LogP contribution in [-0.4, -0.2) is 16.1 Å². The Kier molecular flexibility index (Phi) is 4.44. The SMILES string of the molecule is CCNC(Cc1nccn1C)c1cc(F)c(F)c(F)c1. The maximum atomic E-state index is 13.3. The van der Waals surface area contributed by atoms with Gasteiger partial charge >= 0.3 is 0 Å². The summed E-state index contributed by atoms with van der Waals surface area (Å²) in [6, 6.07) is 1.72. The Bertz CT molecular complexity index is 572. The van der Waals surface area contributed by atoms with Crippen LogP contribution in [0.5, 0.6) is 0 Å². The lowest BCUT2D eigenvalue weighted by atomic mass is 10.0. The molecule has 1 unspecified atom stereocenters. The number of likely N-dealkylation sites (N-methyl/N-ethyl adjacent to an activating group) is 1. The van der Waals surface area contributed by atoms with Gasteiger partial charge in [0.2, 0.25) is 0 Å². The summed E-state index contributed by atoms with van der Waals surface area (Å²) in [4.78, 5) is 4.19. The highest BCUT2D eigenvalue weighted by atomic mass is 19.2. The van der Waals surface area contributed by atoms with Gasteiger partial charge in [0.05, 0.1) is 0 Å². The Hall–Kier alpha value is -1.82. The van der Waals surface area contributed by atoms with Gasteiger partial charge in [-0.1, -0.05) is 6.92 Å². The first kappa shape index (κ1) is 14.6. The van der Waals surface area contributed by atoms with Crippen molar-refractivity contribution >= 4 is 0 Å². The van der Waals surface area contributed by atoms with Gasteiger partial charge in [0.15, 0.2) is 17.5 Å². The zero-order chi connectivity index (χ0) is 14.7. The number of aromatic nitrogens is 2. The summed E-state index contributed by atoms with van der Waals surface area (Å²) in [6.07, 6.45) is 3.91. The molecule has 0 saturated heterocycles. The lowest BCUT2D eigenvalue weighted by Crippen LogP contribution is -2.24. The molecule has 0 bridgehead atoms. The normalized spacial score (nSPS) is 12.7. The Labute approximate surface area is 115 Å². The Morgan fingerprint density at radius 2 is 1.90 bits per heavy atom. The molecule has 1 N–H and O–H groups in total.